The third kappa shape index (κ3) is 4.86. The monoisotopic (exact) mass is 528 g/mol. The Bertz CT molecular complexity index is 1620. The van der Waals surface area contributed by atoms with Crippen LogP contribution in [0, 0.1) is 17.7 Å². The van der Waals surface area contributed by atoms with Gasteiger partial charge in [-0.15, -0.1) is 0 Å². The summed E-state index contributed by atoms with van der Waals surface area (Å²) in [6.07, 6.45) is 5.47. The molecule has 1 saturated heterocycles. The largest absolute Gasteiger partial charge is 0.494 e. The molecule has 0 bridgehead atoms. The molecule has 5 rings (SSSR count). The van der Waals surface area contributed by atoms with E-state index in [1.807, 2.05) is 0 Å². The molecule has 1 amide bonds. The second-order valence-corrected chi connectivity index (χ2v) is 8.90. The Labute approximate surface area is 223 Å². The Kier molecular flexibility index (Phi) is 7.14. The summed E-state index contributed by atoms with van der Waals surface area (Å²) >= 11 is 0. The number of carbonyl (C=O) groups is 2. The summed E-state index contributed by atoms with van der Waals surface area (Å²) in [4.78, 5) is 35.6. The normalized spacial score (nSPS) is 14.9. The molecule has 39 heavy (non-hydrogen) atoms. The first-order valence-corrected chi connectivity index (χ1v) is 12.4. The fraction of sp³-hybridized carbons (Fsp3) is 0.241. The van der Waals surface area contributed by atoms with E-state index < -0.39 is 11.8 Å². The molecule has 1 N–H and O–H groups in total. The zero-order valence-corrected chi connectivity index (χ0v) is 21.3. The molecule has 1 aliphatic heterocycles. The SMILES string of the molecule is CC#CC(=O)N1CCCCC1c1nc(-c2ccc(Oc3cccc(OC)c3F)cc2)c2c(C(=O)O)nccn12. The van der Waals surface area contributed by atoms with Gasteiger partial charge in [-0.05, 0) is 68.5 Å². The Morgan fingerprint density at radius 1 is 1.13 bits per heavy atom. The zero-order chi connectivity index (χ0) is 27.5. The summed E-state index contributed by atoms with van der Waals surface area (Å²) in [7, 11) is 1.38. The van der Waals surface area contributed by atoms with Crippen molar-refractivity contribution < 1.29 is 28.6 Å². The van der Waals surface area contributed by atoms with Crippen molar-refractivity contribution in [3.05, 3.63) is 72.2 Å². The molecule has 9 nitrogen and oxygen atoms in total. The van der Waals surface area contributed by atoms with Crippen LogP contribution in [0.3, 0.4) is 0 Å². The number of likely N-dealkylation sites (tertiary alicyclic amines) is 1. The van der Waals surface area contributed by atoms with Gasteiger partial charge in [0.1, 0.15) is 17.1 Å². The van der Waals surface area contributed by atoms with Gasteiger partial charge < -0.3 is 19.5 Å². The number of imidazole rings is 1. The van der Waals surface area contributed by atoms with Gasteiger partial charge in [0.2, 0.25) is 5.82 Å². The minimum absolute atomic E-state index is 0.00595. The fourth-order valence-electron chi connectivity index (χ4n) is 4.81. The molecule has 0 aliphatic carbocycles. The minimum Gasteiger partial charge on any atom is -0.494 e. The van der Waals surface area contributed by atoms with E-state index in [1.54, 1.807) is 52.8 Å². The van der Waals surface area contributed by atoms with Crippen LogP contribution in [0.1, 0.15) is 48.5 Å². The van der Waals surface area contributed by atoms with Gasteiger partial charge in [0.25, 0.3) is 5.91 Å². The number of carbonyl (C=O) groups excluding carboxylic acids is 1. The maximum atomic E-state index is 14.6. The number of carboxylic acids is 1. The van der Waals surface area contributed by atoms with Gasteiger partial charge in [0.15, 0.2) is 17.2 Å². The van der Waals surface area contributed by atoms with Crippen molar-refractivity contribution in [1.82, 2.24) is 19.3 Å². The highest BCUT2D eigenvalue weighted by atomic mass is 19.1. The average molecular weight is 529 g/mol. The average Bonchev–Trinajstić information content (AvgIpc) is 3.34. The molecule has 1 aliphatic rings. The predicted molar refractivity (Wildman–Crippen MR) is 140 cm³/mol. The highest BCUT2D eigenvalue weighted by molar-refractivity contribution is 5.98. The quantitative estimate of drug-likeness (QED) is 0.347. The van der Waals surface area contributed by atoms with Crippen LogP contribution in [0.25, 0.3) is 16.8 Å². The highest BCUT2D eigenvalue weighted by Gasteiger charge is 2.32. The number of halogens is 1. The molecule has 1 atom stereocenters. The molecule has 0 saturated carbocycles. The van der Waals surface area contributed by atoms with E-state index in [1.165, 1.54) is 25.4 Å². The first-order chi connectivity index (χ1) is 18.9. The number of methoxy groups -OCH3 is 1. The number of fused-ring (bicyclic) bond motifs is 1. The van der Waals surface area contributed by atoms with Gasteiger partial charge in [-0.25, -0.2) is 14.8 Å². The Morgan fingerprint density at radius 3 is 2.62 bits per heavy atom. The summed E-state index contributed by atoms with van der Waals surface area (Å²) in [5.74, 6) is 4.14. The Balaban J connectivity index is 1.58. The van der Waals surface area contributed by atoms with Crippen LogP contribution < -0.4 is 9.47 Å². The summed E-state index contributed by atoms with van der Waals surface area (Å²) in [6, 6.07) is 10.9. The molecule has 1 unspecified atom stereocenters. The number of aromatic nitrogens is 3. The summed E-state index contributed by atoms with van der Waals surface area (Å²) < 4.78 is 27.0. The number of nitrogens with zero attached hydrogens (tertiary/aromatic N) is 4. The minimum atomic E-state index is -1.20. The number of rotatable bonds is 6. The molecular weight excluding hydrogens is 503 g/mol. The summed E-state index contributed by atoms with van der Waals surface area (Å²) in [5, 5.41) is 9.91. The molecule has 2 aromatic carbocycles. The maximum absolute atomic E-state index is 14.6. The van der Waals surface area contributed by atoms with Gasteiger partial charge in [0.05, 0.1) is 18.8 Å². The van der Waals surface area contributed by atoms with E-state index in [0.717, 1.165) is 12.8 Å². The van der Waals surface area contributed by atoms with Crippen molar-refractivity contribution in [1.29, 1.82) is 0 Å². The van der Waals surface area contributed by atoms with Gasteiger partial charge >= 0.3 is 5.97 Å². The van der Waals surface area contributed by atoms with Crippen LogP contribution in [0.15, 0.2) is 54.9 Å². The second kappa shape index (κ2) is 10.8. The summed E-state index contributed by atoms with van der Waals surface area (Å²) in [5.41, 5.74) is 1.16. The smallest absolute Gasteiger partial charge is 0.356 e. The maximum Gasteiger partial charge on any atom is 0.356 e. The number of ether oxygens (including phenoxy) is 2. The lowest BCUT2D eigenvalue weighted by molar-refractivity contribution is -0.129. The topological polar surface area (TPSA) is 106 Å². The molecule has 3 heterocycles. The van der Waals surface area contributed by atoms with Gasteiger partial charge in [-0.2, -0.15) is 4.39 Å². The lowest BCUT2D eigenvalue weighted by atomic mass is 10.0. The van der Waals surface area contributed by atoms with Crippen LogP contribution in [-0.2, 0) is 4.79 Å². The standard InChI is InChI=1S/C29H25FN4O5/c1-3-7-23(35)33-16-5-4-8-20(33)28-32-25(27-26(29(36)37)31-15-17-34(27)28)18-11-13-19(14-12-18)39-22-10-6-9-21(38-2)24(22)30/h6,9-15,17,20H,4-5,8,16H2,1-2H3,(H,36,37). The molecule has 10 heteroatoms. The first kappa shape index (κ1) is 25.7. The Morgan fingerprint density at radius 2 is 1.90 bits per heavy atom. The van der Waals surface area contributed by atoms with Crippen molar-refractivity contribution >= 4 is 17.4 Å². The molecule has 2 aromatic heterocycles. The molecule has 0 spiro atoms. The van der Waals surface area contributed by atoms with Crippen LogP contribution in [-0.4, -0.2) is 49.9 Å². The van der Waals surface area contributed by atoms with E-state index >= 15 is 0 Å². The summed E-state index contributed by atoms with van der Waals surface area (Å²) in [6.45, 7) is 2.15. The number of hydrogen-bond acceptors (Lipinski definition) is 6. The number of benzene rings is 2. The van der Waals surface area contributed by atoms with Crippen LogP contribution >= 0.6 is 0 Å². The van der Waals surface area contributed by atoms with Crippen molar-refractivity contribution in [2.45, 2.75) is 32.2 Å². The number of hydrogen-bond donors (Lipinski definition) is 1. The van der Waals surface area contributed by atoms with Crippen LogP contribution in [0.4, 0.5) is 4.39 Å². The van der Waals surface area contributed by atoms with E-state index in [4.69, 9.17) is 14.5 Å². The van der Waals surface area contributed by atoms with E-state index in [0.29, 0.717) is 41.3 Å². The molecule has 0 radical (unpaired) electrons. The lowest BCUT2D eigenvalue weighted by Gasteiger charge is -2.33. The fourth-order valence-corrected chi connectivity index (χ4v) is 4.81. The molecule has 1 fully saturated rings. The highest BCUT2D eigenvalue weighted by Crippen LogP contribution is 2.36. The van der Waals surface area contributed by atoms with Crippen molar-refractivity contribution in [2.75, 3.05) is 13.7 Å². The van der Waals surface area contributed by atoms with Crippen LogP contribution in [0.2, 0.25) is 0 Å². The second-order valence-electron chi connectivity index (χ2n) is 8.90. The van der Waals surface area contributed by atoms with Crippen molar-refractivity contribution in [3.63, 3.8) is 0 Å². The van der Waals surface area contributed by atoms with E-state index in [-0.39, 0.29) is 29.1 Å². The number of piperidine rings is 1. The van der Waals surface area contributed by atoms with E-state index in [2.05, 4.69) is 16.8 Å². The molecule has 198 valence electrons. The first-order valence-electron chi connectivity index (χ1n) is 12.4. The molecular formula is C29H25FN4O5. The molecule has 4 aromatic rings. The predicted octanol–water partition coefficient (Wildman–Crippen LogP) is 5.11. The zero-order valence-electron chi connectivity index (χ0n) is 21.3. The third-order valence-corrected chi connectivity index (χ3v) is 6.58. The Hall–Kier alpha value is -4.91. The van der Waals surface area contributed by atoms with Crippen molar-refractivity contribution in [2.24, 2.45) is 0 Å². The van der Waals surface area contributed by atoms with Gasteiger partial charge in [-0.1, -0.05) is 12.0 Å². The van der Waals surface area contributed by atoms with Gasteiger partial charge in [-0.3, -0.25) is 9.20 Å². The lowest BCUT2D eigenvalue weighted by Crippen LogP contribution is -2.38. The van der Waals surface area contributed by atoms with Crippen molar-refractivity contribution in [3.8, 4) is 40.3 Å². The van der Waals surface area contributed by atoms with Gasteiger partial charge in [0, 0.05) is 24.5 Å². The number of aromatic carboxylic acids is 1. The number of amides is 1. The van der Waals surface area contributed by atoms with E-state index in [9.17, 15) is 19.1 Å². The van der Waals surface area contributed by atoms with Crippen LogP contribution in [0.5, 0.6) is 17.2 Å². The third-order valence-electron chi connectivity index (χ3n) is 6.58. The number of carboxylic acid groups (broad SMARTS) is 1.